The van der Waals surface area contributed by atoms with Crippen LogP contribution in [0.1, 0.15) is 0 Å². The van der Waals surface area contributed by atoms with Crippen LogP contribution in [0, 0.1) is 11.3 Å². The molecule has 0 atom stereocenters. The molecular weight excluding hydrogens is 154 g/mol. The van der Waals surface area contributed by atoms with Crippen LogP contribution in [-0.4, -0.2) is 43.3 Å². The molecule has 0 amide bonds. The Morgan fingerprint density at radius 3 is 2.33 bits per heavy atom. The zero-order chi connectivity index (χ0) is 9.14. The summed E-state index contributed by atoms with van der Waals surface area (Å²) in [5.41, 5.74) is 0.206. The first-order chi connectivity index (χ1) is 5.70. The van der Waals surface area contributed by atoms with E-state index in [0.717, 1.165) is 18.9 Å². The predicted octanol–water partition coefficient (Wildman–Crippen LogP) is -0.202. The molecule has 12 heavy (non-hydrogen) atoms. The van der Waals surface area contributed by atoms with E-state index in [1.807, 2.05) is 30.0 Å². The molecule has 1 heterocycles. The Hall–Kier alpha value is -1.50. The van der Waals surface area contributed by atoms with E-state index in [0.29, 0.717) is 6.29 Å². The van der Waals surface area contributed by atoms with Gasteiger partial charge in [0.25, 0.3) is 0 Å². The molecule has 0 N–H and O–H groups in total. The topological polar surface area (TPSA) is 47.3 Å². The van der Waals surface area contributed by atoms with Crippen molar-refractivity contribution < 1.29 is 4.79 Å². The highest BCUT2D eigenvalue weighted by Gasteiger charge is 2.21. The average Bonchev–Trinajstić information content (AvgIpc) is 2.38. The highest BCUT2D eigenvalue weighted by molar-refractivity contribution is 5.80. The molecule has 4 heteroatoms. The molecule has 0 aromatic rings. The summed E-state index contributed by atoms with van der Waals surface area (Å²) in [6, 6.07) is 1.88. The van der Waals surface area contributed by atoms with Gasteiger partial charge < -0.3 is 9.80 Å². The molecule has 0 unspecified atom stereocenters. The van der Waals surface area contributed by atoms with Gasteiger partial charge in [-0.15, -0.1) is 0 Å². The van der Waals surface area contributed by atoms with E-state index in [9.17, 15) is 4.79 Å². The van der Waals surface area contributed by atoms with Crippen molar-refractivity contribution in [1.82, 2.24) is 9.80 Å². The number of allylic oxidation sites excluding steroid dienone is 1. The van der Waals surface area contributed by atoms with Gasteiger partial charge in [0, 0.05) is 27.2 Å². The summed E-state index contributed by atoms with van der Waals surface area (Å²) >= 11 is 0. The van der Waals surface area contributed by atoms with E-state index in [1.165, 1.54) is 0 Å². The van der Waals surface area contributed by atoms with Crippen molar-refractivity contribution in [3.05, 3.63) is 11.4 Å². The van der Waals surface area contributed by atoms with Crippen molar-refractivity contribution in [3.8, 4) is 6.07 Å². The zero-order valence-electron chi connectivity index (χ0n) is 7.24. The standard InChI is InChI=1S/C8H11N3O/c1-10-3-4-11(2)8(10)7(5-9)6-12/h6H,3-4H2,1-2H3. The molecule has 0 spiro atoms. The molecule has 0 bridgehead atoms. The summed E-state index contributed by atoms with van der Waals surface area (Å²) in [6.45, 7) is 1.73. The number of nitriles is 1. The van der Waals surface area contributed by atoms with Gasteiger partial charge in [0.2, 0.25) is 0 Å². The number of aldehydes is 1. The Morgan fingerprint density at radius 2 is 2.00 bits per heavy atom. The largest absolute Gasteiger partial charge is 0.358 e. The van der Waals surface area contributed by atoms with Crippen LogP contribution in [0.4, 0.5) is 0 Å². The fourth-order valence-electron chi connectivity index (χ4n) is 1.34. The monoisotopic (exact) mass is 165 g/mol. The van der Waals surface area contributed by atoms with E-state index >= 15 is 0 Å². The van der Waals surface area contributed by atoms with Crippen LogP contribution in [0.5, 0.6) is 0 Å². The smallest absolute Gasteiger partial charge is 0.164 e. The highest BCUT2D eigenvalue weighted by atomic mass is 16.1. The van der Waals surface area contributed by atoms with Gasteiger partial charge in [0.15, 0.2) is 6.29 Å². The molecule has 0 aromatic heterocycles. The molecule has 1 rings (SSSR count). The lowest BCUT2D eigenvalue weighted by Crippen LogP contribution is -2.19. The SMILES string of the molecule is CN1CCN(C)C1=C(C#N)C=O. The number of likely N-dealkylation sites (N-methyl/N-ethyl adjacent to an activating group) is 2. The number of hydrogen-bond donors (Lipinski definition) is 0. The Morgan fingerprint density at radius 1 is 1.50 bits per heavy atom. The minimum atomic E-state index is 0.206. The van der Waals surface area contributed by atoms with E-state index in [1.54, 1.807) is 0 Å². The lowest BCUT2D eigenvalue weighted by molar-refractivity contribution is -0.104. The van der Waals surface area contributed by atoms with Crippen molar-refractivity contribution >= 4 is 6.29 Å². The zero-order valence-corrected chi connectivity index (χ0v) is 7.24. The first-order valence-electron chi connectivity index (χ1n) is 3.72. The second kappa shape index (κ2) is 3.26. The predicted molar refractivity (Wildman–Crippen MR) is 44.0 cm³/mol. The maximum atomic E-state index is 10.5. The van der Waals surface area contributed by atoms with Gasteiger partial charge >= 0.3 is 0 Å². The molecule has 1 aliphatic rings. The third kappa shape index (κ3) is 1.26. The molecule has 1 aliphatic heterocycles. The lowest BCUT2D eigenvalue weighted by atomic mass is 10.3. The van der Waals surface area contributed by atoms with Crippen LogP contribution in [0.15, 0.2) is 11.4 Å². The van der Waals surface area contributed by atoms with Gasteiger partial charge in [0.05, 0.1) is 0 Å². The van der Waals surface area contributed by atoms with Crippen molar-refractivity contribution in [2.24, 2.45) is 0 Å². The first-order valence-corrected chi connectivity index (χ1v) is 3.72. The van der Waals surface area contributed by atoms with Crippen LogP contribution >= 0.6 is 0 Å². The number of carbonyl (C=O) groups excluding carboxylic acids is 1. The van der Waals surface area contributed by atoms with Crippen LogP contribution in [0.3, 0.4) is 0 Å². The van der Waals surface area contributed by atoms with Gasteiger partial charge in [-0.3, -0.25) is 4.79 Å². The highest BCUT2D eigenvalue weighted by Crippen LogP contribution is 2.16. The maximum absolute atomic E-state index is 10.5. The summed E-state index contributed by atoms with van der Waals surface area (Å²) in [5.74, 6) is 0.729. The van der Waals surface area contributed by atoms with Gasteiger partial charge in [-0.2, -0.15) is 5.26 Å². The number of rotatable bonds is 1. The van der Waals surface area contributed by atoms with Crippen molar-refractivity contribution in [2.75, 3.05) is 27.2 Å². The van der Waals surface area contributed by atoms with Gasteiger partial charge in [-0.1, -0.05) is 0 Å². The first kappa shape index (κ1) is 8.60. The number of carbonyl (C=O) groups is 1. The molecule has 4 nitrogen and oxygen atoms in total. The van der Waals surface area contributed by atoms with Crippen molar-refractivity contribution in [1.29, 1.82) is 5.26 Å². The Balaban J connectivity index is 3.05. The molecule has 1 saturated heterocycles. The number of hydrogen-bond acceptors (Lipinski definition) is 4. The van der Waals surface area contributed by atoms with Gasteiger partial charge in [-0.05, 0) is 0 Å². The summed E-state index contributed by atoms with van der Waals surface area (Å²) in [6.07, 6.45) is 0.605. The fraction of sp³-hybridized carbons (Fsp3) is 0.500. The third-order valence-electron chi connectivity index (χ3n) is 1.97. The minimum absolute atomic E-state index is 0.206. The normalized spacial score (nSPS) is 16.2. The van der Waals surface area contributed by atoms with Crippen molar-refractivity contribution in [2.45, 2.75) is 0 Å². The van der Waals surface area contributed by atoms with E-state index in [2.05, 4.69) is 0 Å². The summed E-state index contributed by atoms with van der Waals surface area (Å²) < 4.78 is 0. The van der Waals surface area contributed by atoms with E-state index < -0.39 is 0 Å². The van der Waals surface area contributed by atoms with E-state index in [-0.39, 0.29) is 5.57 Å². The van der Waals surface area contributed by atoms with E-state index in [4.69, 9.17) is 5.26 Å². The van der Waals surface area contributed by atoms with Gasteiger partial charge in [-0.25, -0.2) is 0 Å². The summed E-state index contributed by atoms with van der Waals surface area (Å²) in [4.78, 5) is 14.3. The minimum Gasteiger partial charge on any atom is -0.358 e. The molecule has 64 valence electrons. The summed E-state index contributed by atoms with van der Waals surface area (Å²) in [7, 11) is 3.75. The molecular formula is C8H11N3O. The lowest BCUT2D eigenvalue weighted by Gasteiger charge is -2.17. The molecule has 0 aliphatic carbocycles. The second-order valence-corrected chi connectivity index (χ2v) is 2.81. The number of nitrogens with zero attached hydrogens (tertiary/aromatic N) is 3. The molecule has 0 saturated carbocycles. The molecule has 0 radical (unpaired) electrons. The van der Waals surface area contributed by atoms with Crippen LogP contribution in [0.25, 0.3) is 0 Å². The molecule has 0 aromatic carbocycles. The second-order valence-electron chi connectivity index (χ2n) is 2.81. The summed E-state index contributed by atoms with van der Waals surface area (Å²) in [5, 5.41) is 8.63. The van der Waals surface area contributed by atoms with Crippen LogP contribution in [0.2, 0.25) is 0 Å². The maximum Gasteiger partial charge on any atom is 0.164 e. The van der Waals surface area contributed by atoms with Crippen molar-refractivity contribution in [3.63, 3.8) is 0 Å². The Bertz CT molecular complexity index is 252. The Labute approximate surface area is 71.7 Å². The quantitative estimate of drug-likeness (QED) is 0.306. The average molecular weight is 165 g/mol. The third-order valence-corrected chi connectivity index (χ3v) is 1.97. The van der Waals surface area contributed by atoms with Gasteiger partial charge in [0.1, 0.15) is 17.5 Å². The van der Waals surface area contributed by atoms with Crippen LogP contribution in [-0.2, 0) is 4.79 Å². The van der Waals surface area contributed by atoms with Crippen LogP contribution < -0.4 is 0 Å². The molecule has 1 fully saturated rings. The Kier molecular flexibility index (Phi) is 2.34. The fourth-order valence-corrected chi connectivity index (χ4v) is 1.34.